The second kappa shape index (κ2) is 7.30. The van der Waals surface area contributed by atoms with Gasteiger partial charge in [-0.05, 0) is 29.3 Å². The number of benzene rings is 2. The second-order valence-corrected chi connectivity index (χ2v) is 6.64. The van der Waals surface area contributed by atoms with E-state index in [0.29, 0.717) is 12.1 Å². The van der Waals surface area contributed by atoms with Gasteiger partial charge in [0.2, 0.25) is 0 Å². The van der Waals surface area contributed by atoms with Gasteiger partial charge in [0.25, 0.3) is 0 Å². The van der Waals surface area contributed by atoms with E-state index in [1.54, 1.807) is 0 Å². The first-order valence-corrected chi connectivity index (χ1v) is 8.93. The summed E-state index contributed by atoms with van der Waals surface area (Å²) in [4.78, 5) is 0. The van der Waals surface area contributed by atoms with Crippen LogP contribution in [0.2, 0.25) is 0 Å². The van der Waals surface area contributed by atoms with Crippen molar-refractivity contribution in [2.75, 3.05) is 24.7 Å². The normalized spacial score (nSPS) is 20.5. The summed E-state index contributed by atoms with van der Waals surface area (Å²) in [5.41, 5.74) is 1.42. The van der Waals surface area contributed by atoms with Gasteiger partial charge in [0.05, 0.1) is 12.7 Å². The molecular formula is C18H23NOS. The van der Waals surface area contributed by atoms with Gasteiger partial charge >= 0.3 is 0 Å². The molecule has 0 bridgehead atoms. The molecule has 0 aliphatic carbocycles. The van der Waals surface area contributed by atoms with Crippen molar-refractivity contribution in [2.45, 2.75) is 25.5 Å². The van der Waals surface area contributed by atoms with Gasteiger partial charge < -0.3 is 10.1 Å². The Kier molecular flexibility index (Phi) is 5.17. The van der Waals surface area contributed by atoms with Gasteiger partial charge in [0.1, 0.15) is 0 Å². The molecule has 2 unspecified atom stereocenters. The van der Waals surface area contributed by atoms with Gasteiger partial charge in [0, 0.05) is 17.5 Å². The summed E-state index contributed by atoms with van der Waals surface area (Å²) in [5.74, 6) is 2.23. The molecule has 0 radical (unpaired) electrons. The average Bonchev–Trinajstić information content (AvgIpc) is 2.55. The number of hydrogen-bond acceptors (Lipinski definition) is 3. The molecule has 0 aromatic heterocycles. The molecule has 1 heterocycles. The molecule has 0 spiro atoms. The fraction of sp³-hybridized carbons (Fsp3) is 0.444. The fourth-order valence-corrected chi connectivity index (χ4v) is 3.98. The zero-order valence-electron chi connectivity index (χ0n) is 12.5. The summed E-state index contributed by atoms with van der Waals surface area (Å²) >= 11 is 2.01. The van der Waals surface area contributed by atoms with Crippen LogP contribution in [0.5, 0.6) is 0 Å². The highest BCUT2D eigenvalue weighted by atomic mass is 32.2. The van der Waals surface area contributed by atoms with Gasteiger partial charge in [-0.2, -0.15) is 11.8 Å². The van der Waals surface area contributed by atoms with Crippen molar-refractivity contribution in [1.29, 1.82) is 0 Å². The molecule has 3 rings (SSSR count). The Hall–Kier alpha value is -1.03. The molecular weight excluding hydrogens is 278 g/mol. The zero-order valence-corrected chi connectivity index (χ0v) is 13.4. The van der Waals surface area contributed by atoms with E-state index in [1.165, 1.54) is 16.3 Å². The summed E-state index contributed by atoms with van der Waals surface area (Å²) in [6.07, 6.45) is 1.35. The standard InChI is InChI=1S/C18H23NOS/c1-2-19-17(18-13-21-11-10-20-18)12-15-8-5-7-14-6-3-4-9-16(14)15/h3-9,17-19H,2,10-13H2,1H3. The van der Waals surface area contributed by atoms with Crippen LogP contribution in [0, 0.1) is 0 Å². The number of ether oxygens (including phenoxy) is 1. The van der Waals surface area contributed by atoms with E-state index >= 15 is 0 Å². The maximum atomic E-state index is 5.99. The predicted molar refractivity (Wildman–Crippen MR) is 92.2 cm³/mol. The van der Waals surface area contributed by atoms with Gasteiger partial charge in [0.15, 0.2) is 0 Å². The minimum atomic E-state index is 0.322. The Balaban J connectivity index is 1.83. The molecule has 3 heteroatoms. The third kappa shape index (κ3) is 3.60. The fourth-order valence-electron chi connectivity index (χ4n) is 3.04. The molecule has 0 saturated carbocycles. The minimum Gasteiger partial charge on any atom is -0.375 e. The van der Waals surface area contributed by atoms with Crippen LogP contribution in [0.4, 0.5) is 0 Å². The number of nitrogens with one attached hydrogen (secondary N) is 1. The van der Waals surface area contributed by atoms with E-state index in [9.17, 15) is 0 Å². The molecule has 2 nitrogen and oxygen atoms in total. The van der Waals surface area contributed by atoms with E-state index in [-0.39, 0.29) is 0 Å². The molecule has 1 aliphatic heterocycles. The van der Waals surface area contributed by atoms with E-state index < -0.39 is 0 Å². The van der Waals surface area contributed by atoms with Crippen LogP contribution in [0.1, 0.15) is 12.5 Å². The van der Waals surface area contributed by atoms with Crippen molar-refractivity contribution in [3.63, 3.8) is 0 Å². The van der Waals surface area contributed by atoms with Crippen LogP contribution < -0.4 is 5.32 Å². The van der Waals surface area contributed by atoms with E-state index in [1.807, 2.05) is 11.8 Å². The van der Waals surface area contributed by atoms with Crippen LogP contribution >= 0.6 is 11.8 Å². The van der Waals surface area contributed by atoms with E-state index in [2.05, 4.69) is 54.7 Å². The first-order chi connectivity index (χ1) is 10.4. The monoisotopic (exact) mass is 301 g/mol. The lowest BCUT2D eigenvalue weighted by Gasteiger charge is -2.31. The highest BCUT2D eigenvalue weighted by Crippen LogP contribution is 2.23. The molecule has 21 heavy (non-hydrogen) atoms. The van der Waals surface area contributed by atoms with Gasteiger partial charge in [-0.3, -0.25) is 0 Å². The number of fused-ring (bicyclic) bond motifs is 1. The van der Waals surface area contributed by atoms with Crippen molar-refractivity contribution in [3.8, 4) is 0 Å². The Labute approximate surface area is 131 Å². The second-order valence-electron chi connectivity index (χ2n) is 5.49. The van der Waals surface area contributed by atoms with E-state index in [0.717, 1.165) is 31.1 Å². The van der Waals surface area contributed by atoms with Gasteiger partial charge in [-0.25, -0.2) is 0 Å². The molecule has 2 aromatic rings. The number of rotatable bonds is 5. The van der Waals surface area contributed by atoms with Crippen LogP contribution in [0.15, 0.2) is 42.5 Å². The van der Waals surface area contributed by atoms with Crippen molar-refractivity contribution >= 4 is 22.5 Å². The largest absolute Gasteiger partial charge is 0.375 e. The quantitative estimate of drug-likeness (QED) is 0.913. The van der Waals surface area contributed by atoms with Crippen LogP contribution in [-0.2, 0) is 11.2 Å². The first kappa shape index (κ1) is 14.9. The Morgan fingerprint density at radius 3 is 2.90 bits per heavy atom. The molecule has 1 fully saturated rings. The van der Waals surface area contributed by atoms with Crippen molar-refractivity contribution in [3.05, 3.63) is 48.0 Å². The van der Waals surface area contributed by atoms with E-state index in [4.69, 9.17) is 4.74 Å². The Morgan fingerprint density at radius 1 is 1.24 bits per heavy atom. The summed E-state index contributed by atoms with van der Waals surface area (Å²) in [6.45, 7) is 4.04. The number of hydrogen-bond donors (Lipinski definition) is 1. The van der Waals surface area contributed by atoms with Crippen LogP contribution in [0.25, 0.3) is 10.8 Å². The van der Waals surface area contributed by atoms with Crippen LogP contribution in [-0.4, -0.2) is 36.8 Å². The predicted octanol–water partition coefficient (Wildman–Crippen LogP) is 3.49. The maximum Gasteiger partial charge on any atom is 0.0821 e. The Bertz CT molecular complexity index is 575. The van der Waals surface area contributed by atoms with Gasteiger partial charge in [-0.15, -0.1) is 0 Å². The zero-order chi connectivity index (χ0) is 14.5. The maximum absolute atomic E-state index is 5.99. The summed E-state index contributed by atoms with van der Waals surface area (Å²) in [5, 5.41) is 6.32. The summed E-state index contributed by atoms with van der Waals surface area (Å²) in [6, 6.07) is 15.6. The third-order valence-electron chi connectivity index (χ3n) is 4.08. The van der Waals surface area contributed by atoms with Crippen molar-refractivity contribution in [1.82, 2.24) is 5.32 Å². The lowest BCUT2D eigenvalue weighted by Crippen LogP contribution is -2.46. The lowest BCUT2D eigenvalue weighted by molar-refractivity contribution is 0.0477. The summed E-state index contributed by atoms with van der Waals surface area (Å²) < 4.78 is 5.99. The average molecular weight is 301 g/mol. The first-order valence-electron chi connectivity index (χ1n) is 7.78. The van der Waals surface area contributed by atoms with Crippen molar-refractivity contribution < 1.29 is 4.74 Å². The molecule has 2 aromatic carbocycles. The van der Waals surface area contributed by atoms with Crippen LogP contribution in [0.3, 0.4) is 0 Å². The molecule has 1 aliphatic rings. The number of likely N-dealkylation sites (N-methyl/N-ethyl adjacent to an activating group) is 1. The van der Waals surface area contributed by atoms with Gasteiger partial charge in [-0.1, -0.05) is 49.4 Å². The minimum absolute atomic E-state index is 0.322. The molecule has 112 valence electrons. The lowest BCUT2D eigenvalue weighted by atomic mass is 9.96. The summed E-state index contributed by atoms with van der Waals surface area (Å²) in [7, 11) is 0. The molecule has 1 saturated heterocycles. The molecule has 1 N–H and O–H groups in total. The molecule has 0 amide bonds. The number of thioether (sulfide) groups is 1. The highest BCUT2D eigenvalue weighted by molar-refractivity contribution is 7.99. The topological polar surface area (TPSA) is 21.3 Å². The smallest absolute Gasteiger partial charge is 0.0821 e. The highest BCUT2D eigenvalue weighted by Gasteiger charge is 2.24. The van der Waals surface area contributed by atoms with Crippen molar-refractivity contribution in [2.24, 2.45) is 0 Å². The molecule has 2 atom stereocenters. The third-order valence-corrected chi connectivity index (χ3v) is 5.10. The Morgan fingerprint density at radius 2 is 2.10 bits per heavy atom. The SMILES string of the molecule is CCNC(Cc1cccc2ccccc12)C1CSCCO1.